The van der Waals surface area contributed by atoms with Crippen molar-refractivity contribution in [3.05, 3.63) is 24.3 Å². The van der Waals surface area contributed by atoms with Crippen molar-refractivity contribution in [1.82, 2.24) is 0 Å². The minimum absolute atomic E-state index is 0.236. The molecule has 37 heavy (non-hydrogen) atoms. The summed E-state index contributed by atoms with van der Waals surface area (Å²) in [4.78, 5) is 0. The zero-order valence-corrected chi connectivity index (χ0v) is 27.7. The molecule has 0 radical (unpaired) electrons. The molecule has 1 aromatic carbocycles. The first-order valence-corrected chi connectivity index (χ1v) is 17.6. The number of rotatable bonds is 19. The van der Waals surface area contributed by atoms with Crippen molar-refractivity contribution in [1.29, 1.82) is 0 Å². The van der Waals surface area contributed by atoms with Crippen LogP contribution >= 0.6 is 0 Å². The van der Waals surface area contributed by atoms with E-state index in [0.29, 0.717) is 18.1 Å². The summed E-state index contributed by atoms with van der Waals surface area (Å²) in [6.45, 7) is 21.1. The molecule has 214 valence electrons. The summed E-state index contributed by atoms with van der Waals surface area (Å²) >= 11 is -3.23. The Morgan fingerprint density at radius 1 is 0.595 bits per heavy atom. The normalized spacial score (nSPS) is 12.9. The molecule has 1 aromatic rings. The predicted molar refractivity (Wildman–Crippen MR) is 146 cm³/mol. The van der Waals surface area contributed by atoms with Gasteiger partial charge in [-0.1, -0.05) is 0 Å². The number of benzene rings is 1. The fourth-order valence-electron chi connectivity index (χ4n) is 3.05. The van der Waals surface area contributed by atoms with Gasteiger partial charge in [0.25, 0.3) is 0 Å². The highest BCUT2D eigenvalue weighted by atomic mass is 28.4. The number of ether oxygens (including phenoxy) is 1. The summed E-state index contributed by atoms with van der Waals surface area (Å²) < 4.78 is 61.6. The fourth-order valence-corrected chi connectivity index (χ4v) is 11.3. The van der Waals surface area contributed by atoms with E-state index >= 15 is 0 Å². The molecule has 0 saturated carbocycles. The van der Waals surface area contributed by atoms with Crippen molar-refractivity contribution >= 4 is 33.2 Å². The third kappa shape index (κ3) is 13.4. The zero-order valence-electron chi connectivity index (χ0n) is 24.6. The molecule has 0 atom stereocenters. The molecule has 0 fully saturated rings. The number of hydrogen-bond acceptors (Lipinski definition) is 10. The van der Waals surface area contributed by atoms with Gasteiger partial charge in [0.2, 0.25) is 0 Å². The van der Waals surface area contributed by atoms with Crippen molar-refractivity contribution < 1.29 is 42.0 Å². The van der Waals surface area contributed by atoms with Crippen LogP contribution in [0.2, 0.25) is 0 Å². The van der Waals surface area contributed by atoms with Crippen LogP contribution in [0.1, 0.15) is 76.2 Å². The molecule has 0 aliphatic carbocycles. The minimum Gasteiger partial charge on any atom is -0.599 e. The fraction of sp³-hybridized carbons (Fsp3) is 0.750. The Labute approximate surface area is 231 Å². The van der Waals surface area contributed by atoms with Crippen LogP contribution in [0.5, 0.6) is 11.5 Å². The molecule has 0 bridgehead atoms. The Kier molecular flexibility index (Phi) is 15.4. The van der Waals surface area contributed by atoms with Crippen LogP contribution in [0.4, 0.5) is 0 Å². The van der Waals surface area contributed by atoms with Gasteiger partial charge in [0.15, 0.2) is 0 Å². The van der Waals surface area contributed by atoms with E-state index in [1.54, 1.807) is 31.4 Å². The lowest BCUT2D eigenvalue weighted by Crippen LogP contribution is -2.62. The van der Waals surface area contributed by atoms with Gasteiger partial charge in [0.05, 0.1) is 12.9 Å². The first-order valence-electron chi connectivity index (χ1n) is 12.9. The Bertz CT molecular complexity index is 713. The molecule has 0 heterocycles. The molecule has 0 spiro atoms. The summed E-state index contributed by atoms with van der Waals surface area (Å²) in [6, 6.07) is 7.10. The summed E-state index contributed by atoms with van der Waals surface area (Å²) in [5.74, 6) is 1.20. The first-order chi connectivity index (χ1) is 17.2. The van der Waals surface area contributed by atoms with E-state index in [-0.39, 0.29) is 30.5 Å². The number of methoxy groups -OCH3 is 1. The zero-order chi connectivity index (χ0) is 28.2. The maximum atomic E-state index is 6.53. The molecule has 0 aliphatic rings. The molecular formula is C24H47AlO10Si2. The average Bonchev–Trinajstić information content (AvgIpc) is 2.71. The van der Waals surface area contributed by atoms with Gasteiger partial charge in [-0.3, -0.25) is 0 Å². The van der Waals surface area contributed by atoms with E-state index in [1.807, 2.05) is 76.2 Å². The van der Waals surface area contributed by atoms with Crippen molar-refractivity contribution in [2.45, 2.75) is 107 Å². The molecule has 13 heteroatoms. The maximum absolute atomic E-state index is 6.53. The molecule has 0 amide bonds. The highest BCUT2D eigenvalue weighted by molar-refractivity contribution is 6.68. The second-order valence-corrected chi connectivity index (χ2v) is 15.7. The van der Waals surface area contributed by atoms with E-state index in [2.05, 4.69) is 0 Å². The Hall–Kier alpha value is -0.534. The third-order valence-corrected chi connectivity index (χ3v) is 12.8. The second-order valence-electron chi connectivity index (χ2n) is 9.58. The van der Waals surface area contributed by atoms with Crippen LogP contribution in [0, 0.1) is 0 Å². The summed E-state index contributed by atoms with van der Waals surface area (Å²) in [6.07, 6.45) is -1.20. The van der Waals surface area contributed by atoms with Crippen molar-refractivity contribution in [3.8, 4) is 11.5 Å². The molecule has 0 aromatic heterocycles. The second kappa shape index (κ2) is 16.5. The molecule has 0 N–H and O–H groups in total. The molecule has 1 rings (SSSR count). The van der Waals surface area contributed by atoms with Gasteiger partial charge in [0, 0.05) is 37.1 Å². The van der Waals surface area contributed by atoms with Crippen LogP contribution in [-0.4, -0.2) is 77.5 Å². The van der Waals surface area contributed by atoms with Gasteiger partial charge in [-0.25, -0.2) is 0 Å². The molecule has 0 unspecified atom stereocenters. The quantitative estimate of drug-likeness (QED) is 0.206. The predicted octanol–water partition coefficient (Wildman–Crippen LogP) is 5.12. The smallest absolute Gasteiger partial charge is 0.599 e. The Morgan fingerprint density at radius 2 is 0.946 bits per heavy atom. The molecule has 10 nitrogen and oxygen atoms in total. The topological polar surface area (TPSA) is 92.3 Å². The van der Waals surface area contributed by atoms with E-state index in [9.17, 15) is 0 Å². The van der Waals surface area contributed by atoms with Gasteiger partial charge >= 0.3 is 33.2 Å². The first kappa shape index (κ1) is 34.5. The SMILES string of the molecule is CCO[Si](OC(C)C)(OC(C)C)[O][Al]([O]c1ccc(OC)cc1)[O][Si](OC(C)C)(OC(C)C)OC(C)C. The van der Waals surface area contributed by atoms with Crippen molar-refractivity contribution in [3.63, 3.8) is 0 Å². The molecule has 0 aliphatic heterocycles. The lowest BCUT2D eigenvalue weighted by atomic mass is 10.3. The third-order valence-electron chi connectivity index (χ3n) is 3.99. The van der Waals surface area contributed by atoms with Crippen LogP contribution < -0.4 is 8.53 Å². The van der Waals surface area contributed by atoms with Gasteiger partial charge in [-0.15, -0.1) is 0 Å². The van der Waals surface area contributed by atoms with E-state index in [1.165, 1.54) is 0 Å². The standard InChI is InChI=1S/C9H21O4Si.C8H19O4Si.C7H8O2.Al/c1-7(2)11-14(10,12-8(3)4)13-9(5)6;1-6-10-13(9,11-7(2)3)12-8(4)5;1-9-7-4-2-6(8)3-5-7;/h7-9H,1-6H3;7-8H,6H2,1-5H3;2-5,8H,1H3;/q2*-1;;+3/p-1. The summed E-state index contributed by atoms with van der Waals surface area (Å²) in [7, 11) is -5.91. The van der Waals surface area contributed by atoms with E-state index < -0.39 is 33.2 Å². The van der Waals surface area contributed by atoms with Gasteiger partial charge in [0.1, 0.15) is 5.75 Å². The van der Waals surface area contributed by atoms with Crippen LogP contribution in [0.15, 0.2) is 24.3 Å². The maximum Gasteiger partial charge on any atom is 0.988 e. The lowest BCUT2D eigenvalue weighted by molar-refractivity contribution is -0.0663. The van der Waals surface area contributed by atoms with Crippen molar-refractivity contribution in [2.75, 3.05) is 13.7 Å². The summed E-state index contributed by atoms with van der Waals surface area (Å²) in [5.41, 5.74) is 0. The largest absolute Gasteiger partial charge is 0.988 e. The lowest BCUT2D eigenvalue weighted by Gasteiger charge is -2.37. The summed E-state index contributed by atoms with van der Waals surface area (Å²) in [5, 5.41) is 0. The molecular weight excluding hydrogens is 531 g/mol. The van der Waals surface area contributed by atoms with Crippen LogP contribution in [0.25, 0.3) is 0 Å². The van der Waals surface area contributed by atoms with Gasteiger partial charge < -0.3 is 42.0 Å². The van der Waals surface area contributed by atoms with Crippen LogP contribution in [-0.2, 0) is 33.5 Å². The van der Waals surface area contributed by atoms with E-state index in [4.69, 9.17) is 42.0 Å². The minimum atomic E-state index is -3.78. The monoisotopic (exact) mass is 578 g/mol. The van der Waals surface area contributed by atoms with Gasteiger partial charge in [-0.2, -0.15) is 0 Å². The average molecular weight is 579 g/mol. The highest BCUT2D eigenvalue weighted by Crippen LogP contribution is 2.26. The highest BCUT2D eigenvalue weighted by Gasteiger charge is 2.62. The Morgan fingerprint density at radius 3 is 1.30 bits per heavy atom. The van der Waals surface area contributed by atoms with Crippen LogP contribution in [0.3, 0.4) is 0 Å². The molecule has 0 saturated heterocycles. The van der Waals surface area contributed by atoms with Gasteiger partial charge in [-0.05, 0) is 100 Å². The number of hydrogen-bond donors (Lipinski definition) is 0. The van der Waals surface area contributed by atoms with E-state index in [0.717, 1.165) is 0 Å². The van der Waals surface area contributed by atoms with Crippen molar-refractivity contribution in [2.24, 2.45) is 0 Å². The Balaban J connectivity index is 3.55.